The Hall–Kier alpha value is -1.88. The molecule has 0 atom stereocenters. The lowest BCUT2D eigenvalue weighted by Gasteiger charge is -2.38. The van der Waals surface area contributed by atoms with E-state index in [1.807, 2.05) is 13.8 Å². The van der Waals surface area contributed by atoms with Gasteiger partial charge in [-0.15, -0.1) is 0 Å². The Morgan fingerprint density at radius 3 is 2.40 bits per heavy atom. The molecule has 1 radical (unpaired) electrons. The van der Waals surface area contributed by atoms with Crippen molar-refractivity contribution in [2.45, 2.75) is 47.1 Å². The number of benzene rings is 1. The molecule has 0 bridgehead atoms. The molecule has 1 aromatic carbocycles. The second-order valence-electron chi connectivity index (χ2n) is 7.47. The number of rotatable bonds is 7. The third-order valence-electron chi connectivity index (χ3n) is 4.36. The van der Waals surface area contributed by atoms with Crippen LogP contribution in [0.25, 0.3) is 6.08 Å². The summed E-state index contributed by atoms with van der Waals surface area (Å²) in [4.78, 5) is 0. The maximum Gasteiger partial charge on any atom is 0.322 e. The van der Waals surface area contributed by atoms with E-state index in [2.05, 4.69) is 32.7 Å². The zero-order chi connectivity index (χ0) is 19.3. The van der Waals surface area contributed by atoms with Crippen LogP contribution < -0.4 is 5.32 Å². The van der Waals surface area contributed by atoms with Crippen LogP contribution >= 0.6 is 0 Å². The molecule has 0 aliphatic heterocycles. The Kier molecular flexibility index (Phi) is 7.18. The minimum absolute atomic E-state index is 0.0360. The molecule has 135 valence electrons. The number of nitrogens with one attached hydrogen (secondary N) is 1. The van der Waals surface area contributed by atoms with Crippen LogP contribution in [0.2, 0.25) is 0 Å². The predicted octanol–water partition coefficient (Wildman–Crippen LogP) is 5.90. The summed E-state index contributed by atoms with van der Waals surface area (Å²) in [5, 5.41) is 2.76. The van der Waals surface area contributed by atoms with Gasteiger partial charge in [-0.1, -0.05) is 45.5 Å². The minimum atomic E-state index is -0.917. The van der Waals surface area contributed by atoms with E-state index in [1.165, 1.54) is 6.07 Å². The Balaban J connectivity index is 2.86. The van der Waals surface area contributed by atoms with E-state index >= 15 is 0 Å². The summed E-state index contributed by atoms with van der Waals surface area (Å²) >= 11 is 0. The number of hydrogen-bond donors (Lipinski definition) is 1. The average Bonchev–Trinajstić information content (AvgIpc) is 2.51. The second kappa shape index (κ2) is 8.48. The third kappa shape index (κ3) is 6.16. The largest absolute Gasteiger partial charge is 0.430 e. The molecule has 5 heteroatoms. The van der Waals surface area contributed by atoms with Gasteiger partial charge in [0.05, 0.1) is 11.3 Å². The van der Waals surface area contributed by atoms with Crippen LogP contribution in [0.1, 0.15) is 47.1 Å². The summed E-state index contributed by atoms with van der Waals surface area (Å²) in [6.07, 6.45) is 4.85. The van der Waals surface area contributed by atoms with Crippen LogP contribution in [0.3, 0.4) is 0 Å². The summed E-state index contributed by atoms with van der Waals surface area (Å²) < 4.78 is 33.4. The van der Waals surface area contributed by atoms with Gasteiger partial charge >= 0.3 is 7.48 Å². The SMILES string of the molecule is C=C/C(C)=C\Nc1cc(/C=C/[B]OC(C)(C)C(C)(C)C)cc(F)c1F. The molecule has 1 N–H and O–H groups in total. The molecule has 25 heavy (non-hydrogen) atoms. The van der Waals surface area contributed by atoms with E-state index in [0.717, 1.165) is 11.6 Å². The van der Waals surface area contributed by atoms with Gasteiger partial charge in [0.2, 0.25) is 0 Å². The third-order valence-corrected chi connectivity index (χ3v) is 4.36. The van der Waals surface area contributed by atoms with Crippen molar-refractivity contribution in [3.63, 3.8) is 0 Å². The number of halogens is 2. The van der Waals surface area contributed by atoms with Crippen molar-refractivity contribution >= 4 is 19.2 Å². The highest BCUT2D eigenvalue weighted by Crippen LogP contribution is 2.32. The van der Waals surface area contributed by atoms with Crippen LogP contribution in [-0.4, -0.2) is 13.1 Å². The Morgan fingerprint density at radius 1 is 1.20 bits per heavy atom. The molecular formula is C20H27BF2NO. The number of hydrogen-bond acceptors (Lipinski definition) is 2. The number of allylic oxidation sites excluding steroid dienone is 2. The summed E-state index contributed by atoms with van der Waals surface area (Å²) in [5.41, 5.74) is 1.01. The van der Waals surface area contributed by atoms with Crippen molar-refractivity contribution in [2.24, 2.45) is 5.41 Å². The van der Waals surface area contributed by atoms with E-state index in [1.54, 1.807) is 38.7 Å². The first-order valence-electron chi connectivity index (χ1n) is 8.20. The Morgan fingerprint density at radius 2 is 1.84 bits per heavy atom. The van der Waals surface area contributed by atoms with E-state index in [4.69, 9.17) is 4.65 Å². The van der Waals surface area contributed by atoms with Crippen molar-refractivity contribution in [1.29, 1.82) is 0 Å². The summed E-state index contributed by atoms with van der Waals surface area (Å²) in [5.74, 6) is -0.154. The minimum Gasteiger partial charge on any atom is -0.430 e. The Labute approximate surface area is 150 Å². The summed E-state index contributed by atoms with van der Waals surface area (Å²) in [6, 6.07) is 2.67. The van der Waals surface area contributed by atoms with Crippen molar-refractivity contribution < 1.29 is 13.4 Å². The maximum atomic E-state index is 13.9. The van der Waals surface area contributed by atoms with Gasteiger partial charge in [0.15, 0.2) is 11.6 Å². The van der Waals surface area contributed by atoms with Crippen LogP contribution in [-0.2, 0) is 4.65 Å². The molecular weight excluding hydrogens is 319 g/mol. The van der Waals surface area contributed by atoms with Crippen molar-refractivity contribution in [3.8, 4) is 0 Å². The molecule has 0 aliphatic rings. The maximum absolute atomic E-state index is 13.9. The molecule has 0 amide bonds. The molecule has 2 nitrogen and oxygen atoms in total. The zero-order valence-electron chi connectivity index (χ0n) is 15.9. The predicted molar refractivity (Wildman–Crippen MR) is 103 cm³/mol. The molecule has 0 aliphatic carbocycles. The monoisotopic (exact) mass is 346 g/mol. The highest BCUT2D eigenvalue weighted by molar-refractivity contribution is 6.35. The summed E-state index contributed by atoms with van der Waals surface area (Å²) in [7, 11) is 1.57. The first-order valence-corrected chi connectivity index (χ1v) is 8.20. The van der Waals surface area contributed by atoms with Gasteiger partial charge in [0, 0.05) is 6.20 Å². The van der Waals surface area contributed by atoms with Crippen LogP contribution in [0, 0.1) is 17.0 Å². The molecule has 0 aromatic heterocycles. The fourth-order valence-corrected chi connectivity index (χ4v) is 1.60. The molecule has 1 rings (SSSR count). The van der Waals surface area contributed by atoms with Gasteiger partial charge in [-0.25, -0.2) is 8.78 Å². The number of anilines is 1. The average molecular weight is 346 g/mol. The van der Waals surface area contributed by atoms with Gasteiger partial charge in [-0.05, 0) is 49.5 Å². The molecule has 1 aromatic rings. The van der Waals surface area contributed by atoms with Crippen LogP contribution in [0.15, 0.2) is 42.5 Å². The van der Waals surface area contributed by atoms with Crippen molar-refractivity contribution in [2.75, 3.05) is 5.32 Å². The van der Waals surface area contributed by atoms with E-state index in [9.17, 15) is 8.78 Å². The topological polar surface area (TPSA) is 21.3 Å². The fourth-order valence-electron chi connectivity index (χ4n) is 1.60. The quantitative estimate of drug-likeness (QED) is 0.490. The van der Waals surface area contributed by atoms with Gasteiger partial charge in [0.1, 0.15) is 0 Å². The molecule has 0 unspecified atom stereocenters. The summed E-state index contributed by atoms with van der Waals surface area (Å²) in [6.45, 7) is 15.7. The van der Waals surface area contributed by atoms with Gasteiger partial charge in [-0.2, -0.15) is 0 Å². The highest BCUT2D eigenvalue weighted by Gasteiger charge is 2.32. The standard InChI is InChI=1S/C20H27BF2NO/c1-8-14(2)13-24-17-12-15(11-16(22)18(17)23)9-10-21-25-20(6,7)19(3,4)5/h8-13,24H,1H2,2-7H3/b10-9+,14-13-. The first-order chi connectivity index (χ1) is 11.5. The van der Waals surface area contributed by atoms with E-state index in [-0.39, 0.29) is 16.7 Å². The lowest BCUT2D eigenvalue weighted by molar-refractivity contribution is 0.00483. The van der Waals surface area contributed by atoms with Gasteiger partial charge in [-0.3, -0.25) is 0 Å². The van der Waals surface area contributed by atoms with Crippen molar-refractivity contribution in [1.82, 2.24) is 0 Å². The van der Waals surface area contributed by atoms with Crippen LogP contribution in [0.4, 0.5) is 14.5 Å². The molecule has 0 fully saturated rings. The lowest BCUT2D eigenvalue weighted by Crippen LogP contribution is -2.40. The normalized spacial score (nSPS) is 13.2. The van der Waals surface area contributed by atoms with Gasteiger partial charge in [0.25, 0.3) is 0 Å². The lowest BCUT2D eigenvalue weighted by atomic mass is 9.77. The highest BCUT2D eigenvalue weighted by atomic mass is 19.2. The smallest absolute Gasteiger partial charge is 0.322 e. The van der Waals surface area contributed by atoms with E-state index in [0.29, 0.717) is 5.56 Å². The zero-order valence-corrected chi connectivity index (χ0v) is 15.9. The fraction of sp³-hybridized carbons (Fsp3) is 0.400. The van der Waals surface area contributed by atoms with E-state index < -0.39 is 11.6 Å². The van der Waals surface area contributed by atoms with Gasteiger partial charge < -0.3 is 9.97 Å². The Bertz CT molecular complexity index is 673. The molecule has 0 heterocycles. The van der Waals surface area contributed by atoms with Crippen molar-refractivity contribution in [3.05, 3.63) is 59.7 Å². The van der Waals surface area contributed by atoms with Crippen LogP contribution in [0.5, 0.6) is 0 Å². The molecule has 0 saturated heterocycles. The second-order valence-corrected chi connectivity index (χ2v) is 7.47. The molecule has 0 saturated carbocycles. The molecule has 0 spiro atoms. The first kappa shape index (κ1) is 21.2.